The summed E-state index contributed by atoms with van der Waals surface area (Å²) in [5.41, 5.74) is 1.00. The summed E-state index contributed by atoms with van der Waals surface area (Å²) < 4.78 is 10.6. The Hall–Kier alpha value is -2.88. The molecule has 3 aromatic rings. The summed E-state index contributed by atoms with van der Waals surface area (Å²) in [6.45, 7) is 0. The van der Waals surface area contributed by atoms with Gasteiger partial charge in [-0.2, -0.15) is 0 Å². The van der Waals surface area contributed by atoms with Crippen LogP contribution >= 0.6 is 0 Å². The lowest BCUT2D eigenvalue weighted by atomic mass is 9.99. The van der Waals surface area contributed by atoms with E-state index in [-0.39, 0.29) is 5.78 Å². The van der Waals surface area contributed by atoms with Gasteiger partial charge in [0.2, 0.25) is 0 Å². The number of nitrogens with zero attached hydrogens (tertiary/aromatic N) is 1. The summed E-state index contributed by atoms with van der Waals surface area (Å²) in [6.07, 6.45) is 3.33. The fraction of sp³-hybridized carbons (Fsp3) is 0.111. The smallest absolute Gasteiger partial charge is 0.199 e. The Bertz CT molecular complexity index is 837. The highest BCUT2D eigenvalue weighted by Crippen LogP contribution is 2.33. The van der Waals surface area contributed by atoms with E-state index in [1.165, 1.54) is 7.11 Å². The number of ether oxygens (including phenoxy) is 2. The predicted octanol–water partition coefficient (Wildman–Crippen LogP) is 3.48. The highest BCUT2D eigenvalue weighted by Gasteiger charge is 2.19. The molecule has 0 N–H and O–H groups in total. The molecule has 0 amide bonds. The van der Waals surface area contributed by atoms with Gasteiger partial charge in [0.15, 0.2) is 17.3 Å². The molecule has 22 heavy (non-hydrogen) atoms. The van der Waals surface area contributed by atoms with E-state index < -0.39 is 0 Å². The number of hydrogen-bond acceptors (Lipinski definition) is 4. The van der Waals surface area contributed by atoms with Crippen LogP contribution < -0.4 is 9.47 Å². The molecular formula is C18H15NO3. The molecule has 0 unspecified atom stereocenters. The second-order valence-corrected chi connectivity index (χ2v) is 4.78. The Balaban J connectivity index is 2.19. The maximum absolute atomic E-state index is 12.9. The van der Waals surface area contributed by atoms with E-state index in [2.05, 4.69) is 4.98 Å². The van der Waals surface area contributed by atoms with Crippen molar-refractivity contribution in [3.8, 4) is 11.5 Å². The van der Waals surface area contributed by atoms with Crippen molar-refractivity contribution >= 4 is 16.6 Å². The maximum Gasteiger partial charge on any atom is 0.199 e. The van der Waals surface area contributed by atoms with Crippen LogP contribution in [0.15, 0.2) is 54.9 Å². The molecule has 1 heterocycles. The molecule has 0 aliphatic carbocycles. The van der Waals surface area contributed by atoms with Gasteiger partial charge in [0.25, 0.3) is 0 Å². The minimum atomic E-state index is -0.139. The number of para-hydroxylation sites is 1. The number of carbonyl (C=O) groups is 1. The first kappa shape index (κ1) is 14.1. The largest absolute Gasteiger partial charge is 0.493 e. The second-order valence-electron chi connectivity index (χ2n) is 4.78. The van der Waals surface area contributed by atoms with Gasteiger partial charge in [-0.05, 0) is 17.5 Å². The molecule has 0 atom stereocenters. The van der Waals surface area contributed by atoms with Crippen molar-refractivity contribution in [1.29, 1.82) is 0 Å². The normalized spacial score (nSPS) is 10.5. The minimum Gasteiger partial charge on any atom is -0.493 e. The molecule has 0 saturated heterocycles. The van der Waals surface area contributed by atoms with Gasteiger partial charge in [0.1, 0.15) is 0 Å². The Morgan fingerprint density at radius 2 is 1.73 bits per heavy atom. The van der Waals surface area contributed by atoms with Gasteiger partial charge >= 0.3 is 0 Å². The van der Waals surface area contributed by atoms with Crippen LogP contribution in [-0.2, 0) is 0 Å². The van der Waals surface area contributed by atoms with Crippen LogP contribution in [0.3, 0.4) is 0 Å². The zero-order valence-electron chi connectivity index (χ0n) is 12.4. The molecule has 0 spiro atoms. The van der Waals surface area contributed by atoms with Crippen LogP contribution in [0.2, 0.25) is 0 Å². The Kier molecular flexibility index (Phi) is 3.74. The van der Waals surface area contributed by atoms with Crippen molar-refractivity contribution in [2.75, 3.05) is 14.2 Å². The van der Waals surface area contributed by atoms with E-state index in [0.717, 1.165) is 10.8 Å². The predicted molar refractivity (Wildman–Crippen MR) is 84.7 cm³/mol. The third kappa shape index (κ3) is 2.29. The molecule has 0 radical (unpaired) electrons. The molecular weight excluding hydrogens is 278 g/mol. The molecule has 4 nitrogen and oxygen atoms in total. The van der Waals surface area contributed by atoms with Crippen LogP contribution in [-0.4, -0.2) is 25.0 Å². The topological polar surface area (TPSA) is 48.4 Å². The highest BCUT2D eigenvalue weighted by atomic mass is 16.5. The standard InChI is InChI=1S/C18H15NO3/c1-21-16-9-5-8-14(18(16)22-2)17(20)15-11-19-10-12-6-3-4-7-13(12)15/h3-11H,1-2H3. The fourth-order valence-electron chi connectivity index (χ4n) is 2.51. The van der Waals surface area contributed by atoms with Crippen LogP contribution in [0.1, 0.15) is 15.9 Å². The number of methoxy groups -OCH3 is 2. The third-order valence-electron chi connectivity index (χ3n) is 3.56. The van der Waals surface area contributed by atoms with Crippen molar-refractivity contribution in [3.63, 3.8) is 0 Å². The minimum absolute atomic E-state index is 0.139. The molecule has 0 fully saturated rings. The van der Waals surface area contributed by atoms with Gasteiger partial charge < -0.3 is 9.47 Å². The summed E-state index contributed by atoms with van der Waals surface area (Å²) >= 11 is 0. The Morgan fingerprint density at radius 3 is 2.50 bits per heavy atom. The molecule has 1 aromatic heterocycles. The number of ketones is 1. The zero-order valence-corrected chi connectivity index (χ0v) is 12.4. The number of rotatable bonds is 4. The summed E-state index contributed by atoms with van der Waals surface area (Å²) in [7, 11) is 3.07. The van der Waals surface area contributed by atoms with E-state index in [0.29, 0.717) is 22.6 Å². The molecule has 0 saturated carbocycles. The van der Waals surface area contributed by atoms with Crippen molar-refractivity contribution in [1.82, 2.24) is 4.98 Å². The van der Waals surface area contributed by atoms with E-state index in [4.69, 9.17) is 9.47 Å². The zero-order chi connectivity index (χ0) is 15.5. The fourth-order valence-corrected chi connectivity index (χ4v) is 2.51. The Morgan fingerprint density at radius 1 is 0.909 bits per heavy atom. The van der Waals surface area contributed by atoms with E-state index in [1.54, 1.807) is 37.7 Å². The van der Waals surface area contributed by atoms with Crippen molar-refractivity contribution in [2.45, 2.75) is 0 Å². The first-order valence-electron chi connectivity index (χ1n) is 6.84. The van der Waals surface area contributed by atoms with E-state index >= 15 is 0 Å². The van der Waals surface area contributed by atoms with E-state index in [9.17, 15) is 4.79 Å². The molecule has 110 valence electrons. The number of carbonyl (C=O) groups excluding carboxylic acids is 1. The Labute approximate surface area is 128 Å². The lowest BCUT2D eigenvalue weighted by molar-refractivity contribution is 0.103. The molecule has 3 rings (SSSR count). The van der Waals surface area contributed by atoms with Crippen molar-refractivity contribution in [3.05, 3.63) is 66.0 Å². The number of hydrogen-bond donors (Lipinski definition) is 0. The van der Waals surface area contributed by atoms with Crippen molar-refractivity contribution < 1.29 is 14.3 Å². The summed E-state index contributed by atoms with van der Waals surface area (Å²) in [4.78, 5) is 17.1. The maximum atomic E-state index is 12.9. The summed E-state index contributed by atoms with van der Waals surface area (Å²) in [5.74, 6) is 0.824. The quantitative estimate of drug-likeness (QED) is 0.691. The van der Waals surface area contributed by atoms with Gasteiger partial charge in [0, 0.05) is 23.3 Å². The molecule has 4 heteroatoms. The number of fused-ring (bicyclic) bond motifs is 1. The van der Waals surface area contributed by atoms with Gasteiger partial charge in [-0.3, -0.25) is 9.78 Å². The lowest BCUT2D eigenvalue weighted by Crippen LogP contribution is -2.06. The van der Waals surface area contributed by atoms with Gasteiger partial charge in [-0.1, -0.05) is 30.3 Å². The number of benzene rings is 2. The molecule has 0 aliphatic heterocycles. The van der Waals surface area contributed by atoms with Crippen LogP contribution in [0.5, 0.6) is 11.5 Å². The molecule has 0 bridgehead atoms. The van der Waals surface area contributed by atoms with Gasteiger partial charge in [-0.15, -0.1) is 0 Å². The van der Waals surface area contributed by atoms with E-state index in [1.807, 2.05) is 24.3 Å². The second kappa shape index (κ2) is 5.85. The monoisotopic (exact) mass is 293 g/mol. The van der Waals surface area contributed by atoms with Crippen molar-refractivity contribution in [2.24, 2.45) is 0 Å². The lowest BCUT2D eigenvalue weighted by Gasteiger charge is -2.12. The average Bonchev–Trinajstić information content (AvgIpc) is 2.59. The first-order chi connectivity index (χ1) is 10.8. The van der Waals surface area contributed by atoms with Crippen LogP contribution in [0.25, 0.3) is 10.8 Å². The average molecular weight is 293 g/mol. The number of aromatic nitrogens is 1. The highest BCUT2D eigenvalue weighted by molar-refractivity contribution is 6.17. The molecule has 2 aromatic carbocycles. The van der Waals surface area contributed by atoms with Gasteiger partial charge in [-0.25, -0.2) is 0 Å². The molecule has 0 aliphatic rings. The summed E-state index contributed by atoms with van der Waals surface area (Å²) in [6, 6.07) is 12.9. The van der Waals surface area contributed by atoms with Gasteiger partial charge in [0.05, 0.1) is 19.8 Å². The third-order valence-corrected chi connectivity index (χ3v) is 3.56. The summed E-state index contributed by atoms with van der Waals surface area (Å²) in [5, 5.41) is 1.79. The SMILES string of the molecule is COc1cccc(C(=O)c2cncc3ccccc23)c1OC. The van der Waals surface area contributed by atoms with Crippen LogP contribution in [0, 0.1) is 0 Å². The van der Waals surface area contributed by atoms with Crippen LogP contribution in [0.4, 0.5) is 0 Å². The first-order valence-corrected chi connectivity index (χ1v) is 6.84. The number of pyridine rings is 1.